The van der Waals surface area contributed by atoms with Gasteiger partial charge in [0.05, 0.1) is 13.7 Å². The molecule has 0 saturated carbocycles. The normalized spacial score (nSPS) is 14.8. The lowest BCUT2D eigenvalue weighted by atomic mass is 10.1. The Morgan fingerprint density at radius 2 is 1.77 bits per heavy atom. The summed E-state index contributed by atoms with van der Waals surface area (Å²) in [6.07, 6.45) is 3.33. The molecule has 0 unspecified atom stereocenters. The first-order valence-corrected chi connectivity index (χ1v) is 9.02. The van der Waals surface area contributed by atoms with Crippen LogP contribution in [0.4, 0.5) is 0 Å². The average Bonchev–Trinajstić information content (AvgIpc) is 2.66. The molecule has 1 saturated heterocycles. The van der Waals surface area contributed by atoms with Crippen LogP contribution in [0.5, 0.6) is 11.5 Å². The van der Waals surface area contributed by atoms with Gasteiger partial charge in [-0.15, -0.1) is 0 Å². The topological polar surface area (TPSA) is 59.1 Å². The van der Waals surface area contributed by atoms with Gasteiger partial charge in [-0.25, -0.2) is 0 Å². The van der Waals surface area contributed by atoms with Crippen molar-refractivity contribution in [1.29, 1.82) is 0 Å². The van der Waals surface area contributed by atoms with Crippen LogP contribution >= 0.6 is 0 Å². The summed E-state index contributed by atoms with van der Waals surface area (Å²) in [4.78, 5) is 28.0. The quantitative estimate of drug-likeness (QED) is 0.731. The summed E-state index contributed by atoms with van der Waals surface area (Å²) in [6, 6.07) is 5.56. The number of benzene rings is 1. The zero-order valence-corrected chi connectivity index (χ0v) is 16.0. The highest BCUT2D eigenvalue weighted by molar-refractivity contribution is 5.92. The van der Waals surface area contributed by atoms with Crippen molar-refractivity contribution in [2.24, 2.45) is 5.92 Å². The number of ether oxygens (including phenoxy) is 2. The van der Waals surface area contributed by atoms with Gasteiger partial charge in [0.1, 0.15) is 0 Å². The fourth-order valence-corrected chi connectivity index (χ4v) is 2.85. The Bertz CT molecular complexity index is 662. The maximum absolute atomic E-state index is 12.4. The van der Waals surface area contributed by atoms with Gasteiger partial charge in [-0.05, 0) is 30.7 Å². The van der Waals surface area contributed by atoms with Crippen molar-refractivity contribution in [3.8, 4) is 11.5 Å². The number of carbonyl (C=O) groups excluding carboxylic acids is 2. The zero-order valence-electron chi connectivity index (χ0n) is 16.0. The molecule has 0 aromatic heterocycles. The molecule has 142 valence electrons. The number of piperazine rings is 1. The van der Waals surface area contributed by atoms with Gasteiger partial charge in [0, 0.05) is 38.2 Å². The molecule has 1 aliphatic rings. The lowest BCUT2D eigenvalue weighted by Gasteiger charge is -2.35. The summed E-state index contributed by atoms with van der Waals surface area (Å²) < 4.78 is 10.8. The van der Waals surface area contributed by atoms with Crippen LogP contribution in [-0.4, -0.2) is 61.5 Å². The van der Waals surface area contributed by atoms with E-state index in [0.717, 1.165) is 5.56 Å². The Balaban J connectivity index is 1.95. The first-order valence-electron chi connectivity index (χ1n) is 9.02. The summed E-state index contributed by atoms with van der Waals surface area (Å²) in [5.74, 6) is 1.42. The maximum Gasteiger partial charge on any atom is 0.246 e. The van der Waals surface area contributed by atoms with Crippen LogP contribution in [0.15, 0.2) is 24.3 Å². The summed E-state index contributed by atoms with van der Waals surface area (Å²) in [7, 11) is 1.59. The van der Waals surface area contributed by atoms with Crippen LogP contribution in [0.2, 0.25) is 0 Å². The van der Waals surface area contributed by atoms with E-state index >= 15 is 0 Å². The third kappa shape index (κ3) is 5.00. The molecule has 0 N–H and O–H groups in total. The predicted molar refractivity (Wildman–Crippen MR) is 101 cm³/mol. The Hall–Kier alpha value is -2.50. The van der Waals surface area contributed by atoms with Gasteiger partial charge in [-0.2, -0.15) is 0 Å². The van der Waals surface area contributed by atoms with Crippen molar-refractivity contribution in [3.63, 3.8) is 0 Å². The van der Waals surface area contributed by atoms with Crippen LogP contribution in [0.3, 0.4) is 0 Å². The molecule has 26 heavy (non-hydrogen) atoms. The standard InChI is InChI=1S/C20H28N2O4/c1-5-26-17-8-6-16(14-18(17)25-4)7-9-19(23)21-10-12-22(13-11-21)20(24)15(2)3/h6-9,14-15H,5,10-13H2,1-4H3/b9-7+. The molecule has 1 aliphatic heterocycles. The van der Waals surface area contributed by atoms with Crippen LogP contribution < -0.4 is 9.47 Å². The van der Waals surface area contributed by atoms with E-state index in [9.17, 15) is 9.59 Å². The van der Waals surface area contributed by atoms with E-state index in [1.807, 2.05) is 43.9 Å². The monoisotopic (exact) mass is 360 g/mol. The molecule has 2 amide bonds. The predicted octanol–water partition coefficient (Wildman–Crippen LogP) is 2.43. The number of carbonyl (C=O) groups is 2. The number of rotatable bonds is 6. The van der Waals surface area contributed by atoms with E-state index < -0.39 is 0 Å². The van der Waals surface area contributed by atoms with E-state index in [1.165, 1.54) is 0 Å². The number of nitrogens with zero attached hydrogens (tertiary/aromatic N) is 2. The molecule has 1 heterocycles. The highest BCUT2D eigenvalue weighted by Gasteiger charge is 2.24. The summed E-state index contributed by atoms with van der Waals surface area (Å²) in [5, 5.41) is 0. The van der Waals surface area contributed by atoms with E-state index in [2.05, 4.69) is 0 Å². The van der Waals surface area contributed by atoms with E-state index in [-0.39, 0.29) is 17.7 Å². The number of hydrogen-bond donors (Lipinski definition) is 0. The number of methoxy groups -OCH3 is 1. The molecule has 0 atom stereocenters. The molecule has 6 nitrogen and oxygen atoms in total. The molecular formula is C20H28N2O4. The summed E-state index contributed by atoms with van der Waals surface area (Å²) in [5.41, 5.74) is 0.868. The minimum atomic E-state index is -0.0468. The molecule has 1 fully saturated rings. The lowest BCUT2D eigenvalue weighted by Crippen LogP contribution is -2.51. The minimum absolute atomic E-state index is 0.00760. The van der Waals surface area contributed by atoms with Crippen molar-refractivity contribution < 1.29 is 19.1 Å². The van der Waals surface area contributed by atoms with Gasteiger partial charge in [0.15, 0.2) is 11.5 Å². The minimum Gasteiger partial charge on any atom is -0.493 e. The molecule has 0 aliphatic carbocycles. The first kappa shape index (κ1) is 19.8. The molecule has 6 heteroatoms. The lowest BCUT2D eigenvalue weighted by molar-refractivity contribution is -0.139. The van der Waals surface area contributed by atoms with Gasteiger partial charge in [0.2, 0.25) is 11.8 Å². The first-order chi connectivity index (χ1) is 12.5. The Morgan fingerprint density at radius 3 is 2.35 bits per heavy atom. The van der Waals surface area contributed by atoms with Gasteiger partial charge < -0.3 is 19.3 Å². The third-order valence-corrected chi connectivity index (χ3v) is 4.30. The molecule has 0 bridgehead atoms. The Kier molecular flexibility index (Phi) is 7.06. The number of hydrogen-bond acceptors (Lipinski definition) is 4. The molecule has 2 rings (SSSR count). The SMILES string of the molecule is CCOc1ccc(/C=C/C(=O)N2CCN(C(=O)C(C)C)CC2)cc1OC. The summed E-state index contributed by atoms with van der Waals surface area (Å²) >= 11 is 0. The highest BCUT2D eigenvalue weighted by Crippen LogP contribution is 2.28. The molecule has 0 spiro atoms. The molecule has 0 radical (unpaired) electrons. The Morgan fingerprint density at radius 1 is 1.12 bits per heavy atom. The van der Waals surface area contributed by atoms with E-state index in [0.29, 0.717) is 44.3 Å². The van der Waals surface area contributed by atoms with Crippen LogP contribution in [-0.2, 0) is 9.59 Å². The third-order valence-electron chi connectivity index (χ3n) is 4.30. The summed E-state index contributed by atoms with van der Waals surface area (Å²) in [6.45, 7) is 8.58. The average molecular weight is 360 g/mol. The fraction of sp³-hybridized carbons (Fsp3) is 0.500. The van der Waals surface area contributed by atoms with Crippen molar-refractivity contribution in [3.05, 3.63) is 29.8 Å². The van der Waals surface area contributed by atoms with E-state index in [1.54, 1.807) is 24.2 Å². The highest BCUT2D eigenvalue weighted by atomic mass is 16.5. The van der Waals surface area contributed by atoms with Crippen LogP contribution in [0.1, 0.15) is 26.3 Å². The van der Waals surface area contributed by atoms with Crippen LogP contribution in [0.25, 0.3) is 6.08 Å². The largest absolute Gasteiger partial charge is 0.493 e. The zero-order chi connectivity index (χ0) is 19.1. The van der Waals surface area contributed by atoms with Gasteiger partial charge in [0.25, 0.3) is 0 Å². The second-order valence-electron chi connectivity index (χ2n) is 6.48. The Labute approximate surface area is 155 Å². The second kappa shape index (κ2) is 9.27. The van der Waals surface area contributed by atoms with Crippen molar-refractivity contribution >= 4 is 17.9 Å². The van der Waals surface area contributed by atoms with Gasteiger partial charge in [-0.1, -0.05) is 19.9 Å². The van der Waals surface area contributed by atoms with Gasteiger partial charge >= 0.3 is 0 Å². The molecular weight excluding hydrogens is 332 g/mol. The van der Waals surface area contributed by atoms with Crippen LogP contribution in [0, 0.1) is 5.92 Å². The van der Waals surface area contributed by atoms with Crippen molar-refractivity contribution in [2.75, 3.05) is 39.9 Å². The van der Waals surface area contributed by atoms with Gasteiger partial charge in [-0.3, -0.25) is 9.59 Å². The maximum atomic E-state index is 12.4. The van der Waals surface area contributed by atoms with E-state index in [4.69, 9.17) is 9.47 Å². The van der Waals surface area contributed by atoms with Crippen molar-refractivity contribution in [2.45, 2.75) is 20.8 Å². The fourth-order valence-electron chi connectivity index (χ4n) is 2.85. The second-order valence-corrected chi connectivity index (χ2v) is 6.48. The smallest absolute Gasteiger partial charge is 0.246 e. The van der Waals surface area contributed by atoms with Crippen molar-refractivity contribution in [1.82, 2.24) is 9.80 Å². The number of amides is 2. The molecule has 1 aromatic carbocycles. The molecule has 1 aromatic rings.